The average Bonchev–Trinajstić information content (AvgIpc) is 2.61. The summed E-state index contributed by atoms with van der Waals surface area (Å²) in [5.41, 5.74) is 1.96. The van der Waals surface area contributed by atoms with Crippen LogP contribution in [0.3, 0.4) is 0 Å². The Morgan fingerprint density at radius 2 is 2.00 bits per heavy atom. The minimum absolute atomic E-state index is 0.129. The number of benzene rings is 1. The third-order valence-electron chi connectivity index (χ3n) is 3.17. The van der Waals surface area contributed by atoms with Gasteiger partial charge in [0, 0.05) is 18.8 Å². The normalized spacial score (nSPS) is 18.5. The van der Waals surface area contributed by atoms with Gasteiger partial charge in [0.1, 0.15) is 0 Å². The molecule has 0 saturated carbocycles. The largest absolute Gasteiger partial charge is 0.218 e. The third-order valence-corrected chi connectivity index (χ3v) is 6.05. The quantitative estimate of drug-likeness (QED) is 0.855. The van der Waals surface area contributed by atoms with E-state index in [1.807, 2.05) is 43.0 Å². The minimum Gasteiger partial charge on any atom is -0.212 e. The summed E-state index contributed by atoms with van der Waals surface area (Å²) in [6, 6.07) is 7.70. The lowest BCUT2D eigenvalue weighted by molar-refractivity contribution is 0.434. The number of sulfonamides is 1. The van der Waals surface area contributed by atoms with Crippen molar-refractivity contribution in [2.24, 2.45) is 0 Å². The molecule has 0 atom stereocenters. The molecule has 1 heterocycles. The highest BCUT2D eigenvalue weighted by Crippen LogP contribution is 2.18. The number of thioether (sulfide) groups is 1. The van der Waals surface area contributed by atoms with Crippen molar-refractivity contribution >= 4 is 21.8 Å². The molecule has 1 aromatic carbocycles. The Morgan fingerprint density at radius 3 is 2.78 bits per heavy atom. The zero-order valence-electron chi connectivity index (χ0n) is 10.6. The van der Waals surface area contributed by atoms with Gasteiger partial charge in [0.25, 0.3) is 0 Å². The van der Waals surface area contributed by atoms with Gasteiger partial charge in [-0.15, -0.1) is 0 Å². The first-order valence-electron chi connectivity index (χ1n) is 6.20. The second kappa shape index (κ2) is 6.08. The van der Waals surface area contributed by atoms with Gasteiger partial charge < -0.3 is 0 Å². The molecule has 0 bridgehead atoms. The van der Waals surface area contributed by atoms with Crippen LogP contribution < -0.4 is 0 Å². The lowest BCUT2D eigenvalue weighted by Gasteiger charge is -2.20. The van der Waals surface area contributed by atoms with Crippen LogP contribution in [0.4, 0.5) is 0 Å². The fourth-order valence-electron chi connectivity index (χ4n) is 2.06. The summed E-state index contributed by atoms with van der Waals surface area (Å²) < 4.78 is 26.4. The Morgan fingerprint density at radius 1 is 1.22 bits per heavy atom. The van der Waals surface area contributed by atoms with E-state index in [0.29, 0.717) is 13.1 Å². The van der Waals surface area contributed by atoms with Gasteiger partial charge in [0.2, 0.25) is 10.0 Å². The van der Waals surface area contributed by atoms with Crippen LogP contribution >= 0.6 is 11.8 Å². The number of aryl methyl sites for hydroxylation is 1. The molecule has 2 rings (SSSR count). The van der Waals surface area contributed by atoms with Crippen molar-refractivity contribution in [1.29, 1.82) is 0 Å². The SMILES string of the molecule is Cc1ccccc1CS(=O)(=O)N1CCCSCC1. The molecule has 0 aliphatic carbocycles. The van der Waals surface area contributed by atoms with E-state index in [9.17, 15) is 8.42 Å². The monoisotopic (exact) mass is 285 g/mol. The van der Waals surface area contributed by atoms with Crippen LogP contribution in [0.1, 0.15) is 17.5 Å². The van der Waals surface area contributed by atoms with Crippen molar-refractivity contribution in [3.63, 3.8) is 0 Å². The van der Waals surface area contributed by atoms with Crippen molar-refractivity contribution in [3.05, 3.63) is 35.4 Å². The Labute approximate surface area is 114 Å². The van der Waals surface area contributed by atoms with Gasteiger partial charge in [-0.05, 0) is 30.2 Å². The first-order valence-corrected chi connectivity index (χ1v) is 8.96. The molecule has 0 unspecified atom stereocenters. The van der Waals surface area contributed by atoms with Crippen LogP contribution in [0.2, 0.25) is 0 Å². The van der Waals surface area contributed by atoms with E-state index in [1.165, 1.54) is 0 Å². The Kier molecular flexibility index (Phi) is 4.70. The maximum atomic E-state index is 12.4. The van der Waals surface area contributed by atoms with Crippen LogP contribution in [-0.2, 0) is 15.8 Å². The van der Waals surface area contributed by atoms with Crippen LogP contribution in [-0.4, -0.2) is 37.3 Å². The Balaban J connectivity index is 2.13. The summed E-state index contributed by atoms with van der Waals surface area (Å²) >= 11 is 1.84. The second-order valence-corrected chi connectivity index (χ2v) is 7.74. The van der Waals surface area contributed by atoms with E-state index in [1.54, 1.807) is 4.31 Å². The van der Waals surface area contributed by atoms with Gasteiger partial charge in [0.15, 0.2) is 0 Å². The van der Waals surface area contributed by atoms with Crippen molar-refractivity contribution in [2.75, 3.05) is 24.6 Å². The smallest absolute Gasteiger partial charge is 0.212 e. The van der Waals surface area contributed by atoms with Crippen molar-refractivity contribution in [3.8, 4) is 0 Å². The number of rotatable bonds is 3. The maximum Gasteiger partial charge on any atom is 0.218 e. The van der Waals surface area contributed by atoms with E-state index >= 15 is 0 Å². The molecule has 5 heteroatoms. The summed E-state index contributed by atoms with van der Waals surface area (Å²) in [5, 5.41) is 0. The van der Waals surface area contributed by atoms with E-state index in [-0.39, 0.29) is 5.75 Å². The first kappa shape index (κ1) is 13.9. The Bertz CT molecular complexity index is 491. The van der Waals surface area contributed by atoms with Crippen LogP contribution in [0.25, 0.3) is 0 Å². The summed E-state index contributed by atoms with van der Waals surface area (Å²) in [6.45, 7) is 3.28. The maximum absolute atomic E-state index is 12.4. The molecule has 3 nitrogen and oxygen atoms in total. The van der Waals surface area contributed by atoms with Crippen LogP contribution in [0.15, 0.2) is 24.3 Å². The fourth-order valence-corrected chi connectivity index (χ4v) is 4.74. The predicted molar refractivity (Wildman–Crippen MR) is 77.3 cm³/mol. The molecule has 0 aromatic heterocycles. The van der Waals surface area contributed by atoms with Crippen LogP contribution in [0, 0.1) is 6.92 Å². The van der Waals surface area contributed by atoms with E-state index in [0.717, 1.165) is 29.1 Å². The standard InChI is InChI=1S/C13H19NO2S2/c1-12-5-2-3-6-13(12)11-18(15,16)14-7-4-9-17-10-8-14/h2-3,5-6H,4,7-11H2,1H3. The molecule has 1 aromatic rings. The van der Waals surface area contributed by atoms with E-state index in [4.69, 9.17) is 0 Å². The lowest BCUT2D eigenvalue weighted by Crippen LogP contribution is -2.34. The highest BCUT2D eigenvalue weighted by atomic mass is 32.2. The van der Waals surface area contributed by atoms with Gasteiger partial charge in [-0.3, -0.25) is 0 Å². The summed E-state index contributed by atoms with van der Waals surface area (Å²) in [4.78, 5) is 0. The molecular weight excluding hydrogens is 266 g/mol. The number of nitrogens with zero attached hydrogens (tertiary/aromatic N) is 1. The molecule has 100 valence electrons. The molecule has 0 radical (unpaired) electrons. The van der Waals surface area contributed by atoms with Crippen molar-refractivity contribution < 1.29 is 8.42 Å². The predicted octanol–water partition coefficient (Wildman–Crippen LogP) is 2.26. The third kappa shape index (κ3) is 3.49. The molecule has 1 aliphatic heterocycles. The molecule has 0 N–H and O–H groups in total. The molecule has 18 heavy (non-hydrogen) atoms. The minimum atomic E-state index is -3.16. The Hall–Kier alpha value is -0.520. The number of hydrogen-bond acceptors (Lipinski definition) is 3. The zero-order valence-corrected chi connectivity index (χ0v) is 12.3. The van der Waals surface area contributed by atoms with Crippen LogP contribution in [0.5, 0.6) is 0 Å². The van der Waals surface area contributed by atoms with Gasteiger partial charge in [-0.2, -0.15) is 11.8 Å². The van der Waals surface area contributed by atoms with E-state index < -0.39 is 10.0 Å². The highest BCUT2D eigenvalue weighted by Gasteiger charge is 2.23. The molecular formula is C13H19NO2S2. The zero-order chi connectivity index (χ0) is 13.0. The van der Waals surface area contributed by atoms with Gasteiger partial charge in [-0.25, -0.2) is 12.7 Å². The summed E-state index contributed by atoms with van der Waals surface area (Å²) in [5.74, 6) is 2.10. The van der Waals surface area contributed by atoms with Crippen molar-refractivity contribution in [1.82, 2.24) is 4.31 Å². The summed E-state index contributed by atoms with van der Waals surface area (Å²) in [6.07, 6.45) is 0.956. The summed E-state index contributed by atoms with van der Waals surface area (Å²) in [7, 11) is -3.16. The molecule has 0 amide bonds. The van der Waals surface area contributed by atoms with E-state index in [2.05, 4.69) is 0 Å². The van der Waals surface area contributed by atoms with Gasteiger partial charge in [-0.1, -0.05) is 24.3 Å². The fraction of sp³-hybridized carbons (Fsp3) is 0.538. The highest BCUT2D eigenvalue weighted by molar-refractivity contribution is 7.99. The first-order chi connectivity index (χ1) is 8.59. The number of hydrogen-bond donors (Lipinski definition) is 0. The van der Waals surface area contributed by atoms with Gasteiger partial charge >= 0.3 is 0 Å². The molecule has 1 aliphatic rings. The average molecular weight is 285 g/mol. The van der Waals surface area contributed by atoms with Gasteiger partial charge in [0.05, 0.1) is 5.75 Å². The molecule has 0 spiro atoms. The van der Waals surface area contributed by atoms with Crippen molar-refractivity contribution in [2.45, 2.75) is 19.1 Å². The molecule has 1 fully saturated rings. The molecule has 1 saturated heterocycles. The topological polar surface area (TPSA) is 37.4 Å². The lowest BCUT2D eigenvalue weighted by atomic mass is 10.1. The second-order valence-electron chi connectivity index (χ2n) is 4.55.